The van der Waals surface area contributed by atoms with Gasteiger partial charge in [-0.1, -0.05) is 12.1 Å². The van der Waals surface area contributed by atoms with E-state index in [0.717, 1.165) is 32.5 Å². The summed E-state index contributed by atoms with van der Waals surface area (Å²) in [6.07, 6.45) is 7.48. The molecule has 3 aliphatic heterocycles. The highest BCUT2D eigenvalue weighted by atomic mass is 16.5. The molecule has 4 aromatic rings. The standard InChI is InChI=1S/C24H27N9O2/c1-3-10-32-23(34)17-14-25-24(26-19-9-11-30(2)29-19)28-22(17)33(32)20-5-4-6-21(27-20)35-18-15-31-12-7-16(18)8-13-31/h3-6,9,11,14,16,18H,1,7-8,10,12-13,15H2,2H3,(H,25,26,28,29)/t18-/m0/s1. The maximum atomic E-state index is 13.2. The Morgan fingerprint density at radius 2 is 2.09 bits per heavy atom. The van der Waals surface area contributed by atoms with Crippen molar-refractivity contribution in [1.29, 1.82) is 0 Å². The molecule has 0 radical (unpaired) electrons. The minimum Gasteiger partial charge on any atom is -0.473 e. The quantitative estimate of drug-likeness (QED) is 0.407. The number of hydrogen-bond acceptors (Lipinski definition) is 8. The molecule has 0 unspecified atom stereocenters. The zero-order valence-corrected chi connectivity index (χ0v) is 19.5. The molecule has 0 aliphatic carbocycles. The molecule has 35 heavy (non-hydrogen) atoms. The fraction of sp³-hybridized carbons (Fsp3) is 0.375. The zero-order valence-electron chi connectivity index (χ0n) is 19.5. The van der Waals surface area contributed by atoms with Crippen molar-refractivity contribution in [3.63, 3.8) is 0 Å². The van der Waals surface area contributed by atoms with E-state index in [4.69, 9.17) is 9.72 Å². The van der Waals surface area contributed by atoms with Gasteiger partial charge in [-0.15, -0.1) is 6.58 Å². The molecule has 7 rings (SSSR count). The van der Waals surface area contributed by atoms with Crippen LogP contribution in [0.3, 0.4) is 0 Å². The lowest BCUT2D eigenvalue weighted by molar-refractivity contribution is -0.00994. The molecule has 3 fully saturated rings. The Hall–Kier alpha value is -3.99. The average molecular weight is 474 g/mol. The Kier molecular flexibility index (Phi) is 5.33. The van der Waals surface area contributed by atoms with Crippen LogP contribution in [0.15, 0.2) is 54.1 Å². The first-order valence-electron chi connectivity index (χ1n) is 11.8. The number of aromatic nitrogens is 7. The summed E-state index contributed by atoms with van der Waals surface area (Å²) in [5.41, 5.74) is 0.229. The smallest absolute Gasteiger partial charge is 0.278 e. The SMILES string of the molecule is C=CCn1c(=O)c2cnc(Nc3ccn(C)n3)nc2n1-c1cccc(O[C@H]2CN3CCC2CC3)n1. The first-order chi connectivity index (χ1) is 17.1. The zero-order chi connectivity index (χ0) is 23.9. The summed E-state index contributed by atoms with van der Waals surface area (Å²) < 4.78 is 11.3. The molecule has 0 aromatic carbocycles. The lowest BCUT2D eigenvalue weighted by Gasteiger charge is -2.44. The van der Waals surface area contributed by atoms with Crippen molar-refractivity contribution in [2.75, 3.05) is 25.0 Å². The Bertz CT molecular complexity index is 1440. The second-order valence-corrected chi connectivity index (χ2v) is 9.05. The van der Waals surface area contributed by atoms with Gasteiger partial charge in [-0.25, -0.2) is 14.3 Å². The van der Waals surface area contributed by atoms with Crippen LogP contribution in [0.25, 0.3) is 16.9 Å². The fourth-order valence-electron chi connectivity index (χ4n) is 4.99. The van der Waals surface area contributed by atoms with Crippen LogP contribution >= 0.6 is 0 Å². The maximum Gasteiger partial charge on any atom is 0.278 e. The van der Waals surface area contributed by atoms with Gasteiger partial charge in [0.1, 0.15) is 11.5 Å². The van der Waals surface area contributed by atoms with E-state index < -0.39 is 0 Å². The highest BCUT2D eigenvalue weighted by molar-refractivity contribution is 5.76. The fourth-order valence-corrected chi connectivity index (χ4v) is 4.99. The molecule has 0 amide bonds. The molecule has 1 N–H and O–H groups in total. The summed E-state index contributed by atoms with van der Waals surface area (Å²) in [4.78, 5) is 29.4. The lowest BCUT2D eigenvalue weighted by atomic mass is 9.86. The van der Waals surface area contributed by atoms with E-state index >= 15 is 0 Å². The summed E-state index contributed by atoms with van der Waals surface area (Å²) in [7, 11) is 1.83. The van der Waals surface area contributed by atoms with Gasteiger partial charge in [-0.2, -0.15) is 15.1 Å². The van der Waals surface area contributed by atoms with Gasteiger partial charge in [0.05, 0.1) is 6.54 Å². The number of nitrogens with one attached hydrogen (secondary N) is 1. The minimum absolute atomic E-state index is 0.133. The van der Waals surface area contributed by atoms with Crippen molar-refractivity contribution < 1.29 is 4.74 Å². The number of anilines is 2. The van der Waals surface area contributed by atoms with E-state index in [1.807, 2.05) is 37.5 Å². The number of ether oxygens (including phenoxy) is 1. The molecule has 11 nitrogen and oxygen atoms in total. The molecule has 0 saturated carbocycles. The van der Waals surface area contributed by atoms with Crippen molar-refractivity contribution in [1.82, 2.24) is 39.0 Å². The van der Waals surface area contributed by atoms with Crippen molar-refractivity contribution >= 4 is 22.8 Å². The predicted molar refractivity (Wildman–Crippen MR) is 131 cm³/mol. The maximum absolute atomic E-state index is 13.2. The van der Waals surface area contributed by atoms with Crippen LogP contribution < -0.4 is 15.6 Å². The molecule has 4 aromatic heterocycles. The van der Waals surface area contributed by atoms with Crippen LogP contribution in [0.2, 0.25) is 0 Å². The van der Waals surface area contributed by atoms with Gasteiger partial charge >= 0.3 is 0 Å². The second-order valence-electron chi connectivity index (χ2n) is 9.05. The molecule has 0 spiro atoms. The molecular weight excluding hydrogens is 446 g/mol. The second kappa shape index (κ2) is 8.66. The van der Waals surface area contributed by atoms with Gasteiger partial charge in [0.2, 0.25) is 11.8 Å². The highest BCUT2D eigenvalue weighted by Crippen LogP contribution is 2.30. The Morgan fingerprint density at radius 3 is 2.80 bits per heavy atom. The number of fused-ring (bicyclic) bond motifs is 4. The van der Waals surface area contributed by atoms with Crippen LogP contribution in [0.1, 0.15) is 12.8 Å². The average Bonchev–Trinajstić information content (AvgIpc) is 3.40. The summed E-state index contributed by atoms with van der Waals surface area (Å²) in [5.74, 6) is 2.59. The van der Waals surface area contributed by atoms with Gasteiger partial charge in [0, 0.05) is 38.1 Å². The predicted octanol–water partition coefficient (Wildman–Crippen LogP) is 2.11. The van der Waals surface area contributed by atoms with E-state index in [1.165, 1.54) is 6.20 Å². The Balaban J connectivity index is 1.39. The minimum atomic E-state index is -0.213. The highest BCUT2D eigenvalue weighted by Gasteiger charge is 2.35. The number of piperidine rings is 3. The van der Waals surface area contributed by atoms with Gasteiger partial charge in [-0.3, -0.25) is 14.4 Å². The molecule has 3 saturated heterocycles. The van der Waals surface area contributed by atoms with E-state index in [1.54, 1.807) is 20.1 Å². The summed E-state index contributed by atoms with van der Waals surface area (Å²) in [6.45, 7) is 7.34. The van der Waals surface area contributed by atoms with Gasteiger partial charge in [-0.05, 0) is 37.9 Å². The van der Waals surface area contributed by atoms with Gasteiger partial charge < -0.3 is 10.1 Å². The molecule has 11 heteroatoms. The topological polar surface area (TPSA) is 108 Å². The third-order valence-corrected chi connectivity index (χ3v) is 6.73. The first-order valence-corrected chi connectivity index (χ1v) is 11.8. The summed E-state index contributed by atoms with van der Waals surface area (Å²) in [5, 5.41) is 7.79. The lowest BCUT2D eigenvalue weighted by Crippen LogP contribution is -2.52. The van der Waals surface area contributed by atoms with E-state index in [9.17, 15) is 4.79 Å². The van der Waals surface area contributed by atoms with Crippen molar-refractivity contribution in [2.24, 2.45) is 13.0 Å². The molecule has 3 aliphatic rings. The van der Waals surface area contributed by atoms with Crippen molar-refractivity contribution in [3.05, 3.63) is 59.7 Å². The Morgan fingerprint density at radius 1 is 1.23 bits per heavy atom. The van der Waals surface area contributed by atoms with Crippen LogP contribution in [0, 0.1) is 5.92 Å². The molecule has 2 bridgehead atoms. The number of pyridine rings is 1. The molecular formula is C24H27N9O2. The van der Waals surface area contributed by atoms with Gasteiger partial charge in [0.15, 0.2) is 17.3 Å². The molecule has 1 atom stereocenters. The summed E-state index contributed by atoms with van der Waals surface area (Å²) in [6, 6.07) is 7.42. The van der Waals surface area contributed by atoms with E-state index in [-0.39, 0.29) is 11.7 Å². The van der Waals surface area contributed by atoms with Crippen LogP contribution in [0.5, 0.6) is 5.88 Å². The van der Waals surface area contributed by atoms with Crippen LogP contribution in [0.4, 0.5) is 11.8 Å². The third-order valence-electron chi connectivity index (χ3n) is 6.73. The monoisotopic (exact) mass is 473 g/mol. The largest absolute Gasteiger partial charge is 0.473 e. The third kappa shape index (κ3) is 3.97. The Labute approximate surface area is 201 Å². The van der Waals surface area contributed by atoms with Crippen molar-refractivity contribution in [2.45, 2.75) is 25.5 Å². The number of hydrogen-bond donors (Lipinski definition) is 1. The molecule has 7 heterocycles. The number of allylic oxidation sites excluding steroid dienone is 1. The normalized spacial score (nSPS) is 21.3. The summed E-state index contributed by atoms with van der Waals surface area (Å²) >= 11 is 0. The van der Waals surface area contributed by atoms with Crippen molar-refractivity contribution in [3.8, 4) is 11.7 Å². The molecule has 180 valence electrons. The first kappa shape index (κ1) is 21.5. The number of nitrogens with zero attached hydrogens (tertiary/aromatic N) is 8. The van der Waals surface area contributed by atoms with Crippen LogP contribution in [-0.4, -0.2) is 64.7 Å². The van der Waals surface area contributed by atoms with Crippen LogP contribution in [-0.2, 0) is 13.6 Å². The van der Waals surface area contributed by atoms with E-state index in [0.29, 0.717) is 47.0 Å². The van der Waals surface area contributed by atoms with Gasteiger partial charge in [0.25, 0.3) is 5.56 Å². The number of aryl methyl sites for hydroxylation is 1. The number of rotatable bonds is 7. The van der Waals surface area contributed by atoms with E-state index in [2.05, 4.69) is 31.9 Å².